The van der Waals surface area contributed by atoms with Crippen molar-refractivity contribution in [2.45, 2.75) is 57.5 Å². The van der Waals surface area contributed by atoms with Crippen LogP contribution in [0.2, 0.25) is 0 Å². The van der Waals surface area contributed by atoms with Gasteiger partial charge >= 0.3 is 0 Å². The van der Waals surface area contributed by atoms with E-state index < -0.39 is 0 Å². The number of hydrogen-bond donors (Lipinski definition) is 1. The molecule has 25 heavy (non-hydrogen) atoms. The second kappa shape index (κ2) is 5.95. The average Bonchev–Trinajstić information content (AvgIpc) is 2.59. The maximum atomic E-state index is 4.72. The smallest absolute Gasteiger partial charge is 0.0702 e. The summed E-state index contributed by atoms with van der Waals surface area (Å²) in [7, 11) is 0. The molecule has 6 rings (SSSR count). The van der Waals surface area contributed by atoms with E-state index in [0.717, 1.165) is 30.0 Å². The topological polar surface area (TPSA) is 24.9 Å². The Morgan fingerprint density at radius 1 is 1.00 bits per heavy atom. The lowest BCUT2D eigenvalue weighted by Crippen LogP contribution is -2.58. The molecule has 2 aromatic rings. The first-order chi connectivity index (χ1) is 12.2. The van der Waals surface area contributed by atoms with Crippen LogP contribution in [0.4, 0.5) is 0 Å². The molecule has 0 saturated heterocycles. The molecule has 4 aliphatic rings. The van der Waals surface area contributed by atoms with Gasteiger partial charge < -0.3 is 5.32 Å². The minimum atomic E-state index is 0.434. The van der Waals surface area contributed by atoms with Gasteiger partial charge in [0, 0.05) is 23.8 Å². The zero-order chi connectivity index (χ0) is 16.9. The normalized spacial score (nSPS) is 32.9. The van der Waals surface area contributed by atoms with Crippen LogP contribution in [0.1, 0.15) is 49.7 Å². The second-order valence-corrected chi connectivity index (χ2v) is 8.97. The fraction of sp³-hybridized carbons (Fsp3) is 0.522. The number of hydrogen-bond acceptors (Lipinski definition) is 2. The summed E-state index contributed by atoms with van der Waals surface area (Å²) in [5.41, 5.74) is 5.31. The predicted octanol–water partition coefficient (Wildman–Crippen LogP) is 5.12. The van der Waals surface area contributed by atoms with Crippen molar-refractivity contribution in [2.75, 3.05) is 0 Å². The molecular formula is C23H28N2. The van der Waals surface area contributed by atoms with Crippen LogP contribution in [0.15, 0.2) is 42.6 Å². The minimum Gasteiger partial charge on any atom is -0.307 e. The van der Waals surface area contributed by atoms with Gasteiger partial charge in [-0.2, -0.15) is 0 Å². The molecule has 130 valence electrons. The zero-order valence-electron chi connectivity index (χ0n) is 15.2. The van der Waals surface area contributed by atoms with Gasteiger partial charge in [-0.15, -0.1) is 0 Å². The number of pyridine rings is 1. The van der Waals surface area contributed by atoms with Crippen LogP contribution in [0.25, 0.3) is 11.3 Å². The quantitative estimate of drug-likeness (QED) is 0.841. The Bertz CT molecular complexity index is 727. The Hall–Kier alpha value is -1.67. The number of nitrogens with zero attached hydrogens (tertiary/aromatic N) is 1. The molecule has 1 heterocycles. The first-order valence-corrected chi connectivity index (χ1v) is 9.94. The second-order valence-electron chi connectivity index (χ2n) is 8.97. The summed E-state index contributed by atoms with van der Waals surface area (Å²) >= 11 is 0. The van der Waals surface area contributed by atoms with E-state index in [-0.39, 0.29) is 0 Å². The highest BCUT2D eigenvalue weighted by molar-refractivity contribution is 5.59. The van der Waals surface area contributed by atoms with E-state index in [1.807, 2.05) is 0 Å². The Morgan fingerprint density at radius 3 is 2.32 bits per heavy atom. The van der Waals surface area contributed by atoms with Gasteiger partial charge in [0.15, 0.2) is 0 Å². The van der Waals surface area contributed by atoms with Crippen molar-refractivity contribution in [3.05, 3.63) is 53.7 Å². The van der Waals surface area contributed by atoms with Gasteiger partial charge in [0.2, 0.25) is 0 Å². The SMILES string of the molecule is Cc1cccc(-c2ccc(CNC34CC5CC(CC(C5)C3)C4)cn2)c1. The van der Waals surface area contributed by atoms with Gasteiger partial charge in [-0.05, 0) is 80.9 Å². The molecule has 1 aromatic heterocycles. The van der Waals surface area contributed by atoms with Crippen molar-refractivity contribution >= 4 is 0 Å². The molecule has 0 unspecified atom stereocenters. The van der Waals surface area contributed by atoms with Crippen molar-refractivity contribution in [2.24, 2.45) is 17.8 Å². The van der Waals surface area contributed by atoms with E-state index in [9.17, 15) is 0 Å². The fourth-order valence-electron chi connectivity index (χ4n) is 6.12. The molecule has 0 amide bonds. The van der Waals surface area contributed by atoms with E-state index >= 15 is 0 Å². The van der Waals surface area contributed by atoms with Gasteiger partial charge in [0.25, 0.3) is 0 Å². The van der Waals surface area contributed by atoms with E-state index in [0.29, 0.717) is 5.54 Å². The molecule has 4 aliphatic carbocycles. The maximum absolute atomic E-state index is 4.72. The van der Waals surface area contributed by atoms with Crippen molar-refractivity contribution in [1.29, 1.82) is 0 Å². The van der Waals surface area contributed by atoms with Crippen LogP contribution in [-0.2, 0) is 6.54 Å². The Kier molecular flexibility index (Phi) is 3.71. The lowest BCUT2D eigenvalue weighted by Gasteiger charge is -2.57. The highest BCUT2D eigenvalue weighted by Crippen LogP contribution is 2.55. The Morgan fingerprint density at radius 2 is 1.72 bits per heavy atom. The van der Waals surface area contributed by atoms with Crippen molar-refractivity contribution in [3.8, 4) is 11.3 Å². The summed E-state index contributed by atoms with van der Waals surface area (Å²) in [6, 6.07) is 13.0. The molecule has 4 fully saturated rings. The third-order valence-corrected chi connectivity index (χ3v) is 6.84. The van der Waals surface area contributed by atoms with Crippen LogP contribution >= 0.6 is 0 Å². The third kappa shape index (κ3) is 3.01. The van der Waals surface area contributed by atoms with Gasteiger partial charge in [-0.1, -0.05) is 29.8 Å². The molecule has 0 atom stereocenters. The van der Waals surface area contributed by atoms with Crippen LogP contribution in [0, 0.1) is 24.7 Å². The molecule has 4 saturated carbocycles. The van der Waals surface area contributed by atoms with E-state index in [2.05, 4.69) is 54.8 Å². The molecule has 0 aliphatic heterocycles. The van der Waals surface area contributed by atoms with Gasteiger partial charge in [-0.25, -0.2) is 0 Å². The first-order valence-electron chi connectivity index (χ1n) is 9.94. The summed E-state index contributed by atoms with van der Waals surface area (Å²) in [5.74, 6) is 3.00. The number of nitrogens with one attached hydrogen (secondary N) is 1. The zero-order valence-corrected chi connectivity index (χ0v) is 15.2. The lowest BCUT2D eigenvalue weighted by atomic mass is 9.53. The molecule has 4 bridgehead atoms. The highest BCUT2D eigenvalue weighted by atomic mass is 15.0. The van der Waals surface area contributed by atoms with Crippen LogP contribution in [0.3, 0.4) is 0 Å². The maximum Gasteiger partial charge on any atom is 0.0702 e. The summed E-state index contributed by atoms with van der Waals surface area (Å²) in [6.45, 7) is 3.10. The van der Waals surface area contributed by atoms with Gasteiger partial charge in [-0.3, -0.25) is 4.98 Å². The van der Waals surface area contributed by atoms with Crippen molar-refractivity contribution in [1.82, 2.24) is 10.3 Å². The molecule has 2 nitrogen and oxygen atoms in total. The molecule has 2 heteroatoms. The molecule has 0 radical (unpaired) electrons. The Labute approximate surface area is 151 Å². The van der Waals surface area contributed by atoms with E-state index in [1.165, 1.54) is 55.2 Å². The summed E-state index contributed by atoms with van der Waals surface area (Å²) in [4.78, 5) is 4.72. The van der Waals surface area contributed by atoms with Gasteiger partial charge in [0.05, 0.1) is 5.69 Å². The number of aromatic nitrogens is 1. The van der Waals surface area contributed by atoms with Gasteiger partial charge in [0.1, 0.15) is 0 Å². The molecular weight excluding hydrogens is 304 g/mol. The Balaban J connectivity index is 1.27. The van der Waals surface area contributed by atoms with E-state index in [4.69, 9.17) is 4.98 Å². The summed E-state index contributed by atoms with van der Waals surface area (Å²) in [5, 5.41) is 3.97. The summed E-state index contributed by atoms with van der Waals surface area (Å²) in [6.07, 6.45) is 10.8. The largest absolute Gasteiger partial charge is 0.307 e. The number of aryl methyl sites for hydroxylation is 1. The molecule has 1 N–H and O–H groups in total. The van der Waals surface area contributed by atoms with E-state index in [1.54, 1.807) is 0 Å². The fourth-order valence-corrected chi connectivity index (χ4v) is 6.12. The average molecular weight is 332 g/mol. The molecule has 1 aromatic carbocycles. The number of rotatable bonds is 4. The van der Waals surface area contributed by atoms with Crippen molar-refractivity contribution in [3.63, 3.8) is 0 Å². The lowest BCUT2D eigenvalue weighted by molar-refractivity contribution is -0.0206. The predicted molar refractivity (Wildman–Crippen MR) is 102 cm³/mol. The monoisotopic (exact) mass is 332 g/mol. The number of benzene rings is 1. The highest BCUT2D eigenvalue weighted by Gasteiger charge is 2.50. The van der Waals surface area contributed by atoms with Crippen LogP contribution < -0.4 is 5.32 Å². The standard InChI is InChI=1S/C23H28N2/c1-16-3-2-4-21(7-16)22-6-5-17(14-24-22)15-25-23-11-18-8-19(12-23)10-20(9-18)13-23/h2-7,14,18-20,25H,8-13,15H2,1H3. The molecule has 0 spiro atoms. The van der Waals surface area contributed by atoms with Crippen LogP contribution in [0.5, 0.6) is 0 Å². The first kappa shape index (κ1) is 15.6. The summed E-state index contributed by atoms with van der Waals surface area (Å²) < 4.78 is 0. The minimum absolute atomic E-state index is 0.434. The third-order valence-electron chi connectivity index (χ3n) is 6.84. The van der Waals surface area contributed by atoms with Crippen molar-refractivity contribution < 1.29 is 0 Å². The van der Waals surface area contributed by atoms with Crippen LogP contribution in [-0.4, -0.2) is 10.5 Å².